The van der Waals surface area contributed by atoms with Crippen molar-refractivity contribution in [3.05, 3.63) is 68.2 Å². The number of hydrogen-bond acceptors (Lipinski definition) is 1. The Morgan fingerprint density at radius 1 is 1.10 bits per heavy atom. The molecule has 0 saturated carbocycles. The molecule has 21 heavy (non-hydrogen) atoms. The summed E-state index contributed by atoms with van der Waals surface area (Å²) < 4.78 is 28.2. The third-order valence-corrected chi connectivity index (χ3v) is 4.28. The fourth-order valence-corrected chi connectivity index (χ4v) is 3.23. The van der Waals surface area contributed by atoms with Crippen molar-refractivity contribution in [2.75, 3.05) is 0 Å². The lowest BCUT2D eigenvalue weighted by atomic mass is 9.91. The van der Waals surface area contributed by atoms with Gasteiger partial charge >= 0.3 is 0 Å². The first kappa shape index (κ1) is 16.1. The summed E-state index contributed by atoms with van der Waals surface area (Å²) in [5.74, 6) is -1.14. The molecule has 4 heteroatoms. The van der Waals surface area contributed by atoms with Crippen LogP contribution in [0.15, 0.2) is 28.7 Å². The van der Waals surface area contributed by atoms with Crippen LogP contribution in [0.1, 0.15) is 33.9 Å². The molecule has 0 heterocycles. The maximum absolute atomic E-state index is 14.1. The molecule has 0 amide bonds. The Morgan fingerprint density at radius 2 is 1.67 bits per heavy atom. The van der Waals surface area contributed by atoms with Crippen molar-refractivity contribution >= 4 is 15.9 Å². The van der Waals surface area contributed by atoms with Crippen molar-refractivity contribution in [3.8, 4) is 0 Å². The molecule has 0 aliphatic rings. The summed E-state index contributed by atoms with van der Waals surface area (Å²) in [6.45, 7) is 5.97. The number of aryl methyl sites for hydroxylation is 3. The van der Waals surface area contributed by atoms with E-state index in [1.54, 1.807) is 0 Å². The SMILES string of the molecule is Cc1cc(C)c(C(N)Cc2c(F)ccc(Br)c2F)c(C)c1. The minimum Gasteiger partial charge on any atom is -0.324 e. The third kappa shape index (κ3) is 3.33. The summed E-state index contributed by atoms with van der Waals surface area (Å²) in [5, 5.41) is 0. The van der Waals surface area contributed by atoms with E-state index in [9.17, 15) is 8.78 Å². The zero-order valence-corrected chi connectivity index (χ0v) is 13.9. The zero-order chi connectivity index (χ0) is 15.7. The van der Waals surface area contributed by atoms with Crippen LogP contribution in [-0.2, 0) is 6.42 Å². The van der Waals surface area contributed by atoms with E-state index in [1.165, 1.54) is 12.1 Å². The fourth-order valence-electron chi connectivity index (χ4n) is 2.85. The van der Waals surface area contributed by atoms with Crippen LogP contribution in [0.2, 0.25) is 0 Å². The Hall–Kier alpha value is -1.26. The number of rotatable bonds is 3. The van der Waals surface area contributed by atoms with Crippen LogP contribution in [0.25, 0.3) is 0 Å². The Balaban J connectivity index is 2.40. The molecule has 2 N–H and O–H groups in total. The van der Waals surface area contributed by atoms with Crippen LogP contribution >= 0.6 is 15.9 Å². The number of hydrogen-bond donors (Lipinski definition) is 1. The second-order valence-electron chi connectivity index (χ2n) is 5.44. The fraction of sp³-hybridized carbons (Fsp3) is 0.294. The van der Waals surface area contributed by atoms with Crippen molar-refractivity contribution in [2.24, 2.45) is 5.73 Å². The molecular formula is C17H18BrF2N. The average molecular weight is 354 g/mol. The van der Waals surface area contributed by atoms with Crippen molar-refractivity contribution < 1.29 is 8.78 Å². The molecule has 0 aliphatic carbocycles. The van der Waals surface area contributed by atoms with Crippen LogP contribution in [0.4, 0.5) is 8.78 Å². The zero-order valence-electron chi connectivity index (χ0n) is 12.3. The minimum atomic E-state index is -0.576. The smallest absolute Gasteiger partial charge is 0.143 e. The molecule has 1 nitrogen and oxygen atoms in total. The van der Waals surface area contributed by atoms with Crippen molar-refractivity contribution in [1.29, 1.82) is 0 Å². The number of benzene rings is 2. The van der Waals surface area contributed by atoms with E-state index < -0.39 is 17.7 Å². The summed E-state index contributed by atoms with van der Waals surface area (Å²) in [4.78, 5) is 0. The highest BCUT2D eigenvalue weighted by Crippen LogP contribution is 2.28. The van der Waals surface area contributed by atoms with Gasteiger partial charge in [-0.15, -0.1) is 0 Å². The normalized spacial score (nSPS) is 12.5. The van der Waals surface area contributed by atoms with E-state index in [4.69, 9.17) is 5.73 Å². The van der Waals surface area contributed by atoms with Gasteiger partial charge in [-0.1, -0.05) is 17.7 Å². The first-order valence-corrected chi connectivity index (χ1v) is 7.56. The summed E-state index contributed by atoms with van der Waals surface area (Å²) in [6.07, 6.45) is 0.127. The molecule has 0 radical (unpaired) electrons. The van der Waals surface area contributed by atoms with Gasteiger partial charge in [0.15, 0.2) is 0 Å². The van der Waals surface area contributed by atoms with Gasteiger partial charge in [-0.25, -0.2) is 8.78 Å². The summed E-state index contributed by atoms with van der Waals surface area (Å²) in [6, 6.07) is 6.25. The van der Waals surface area contributed by atoms with Gasteiger partial charge in [-0.05, 0) is 71.9 Å². The molecule has 112 valence electrons. The molecular weight excluding hydrogens is 336 g/mol. The van der Waals surface area contributed by atoms with E-state index in [0.29, 0.717) is 0 Å². The minimum absolute atomic E-state index is 0.0243. The quantitative estimate of drug-likeness (QED) is 0.780. The lowest BCUT2D eigenvalue weighted by Gasteiger charge is -2.19. The topological polar surface area (TPSA) is 26.0 Å². The number of halogens is 3. The van der Waals surface area contributed by atoms with Crippen LogP contribution in [-0.4, -0.2) is 0 Å². The number of nitrogens with two attached hydrogens (primary N) is 1. The predicted octanol–water partition coefficient (Wildman–Crippen LogP) is 4.90. The van der Waals surface area contributed by atoms with Crippen LogP contribution in [0, 0.1) is 32.4 Å². The molecule has 0 saturated heterocycles. The maximum atomic E-state index is 14.1. The van der Waals surface area contributed by atoms with Gasteiger partial charge in [0.2, 0.25) is 0 Å². The first-order chi connectivity index (χ1) is 9.81. The van der Waals surface area contributed by atoms with E-state index in [0.717, 1.165) is 22.3 Å². The summed E-state index contributed by atoms with van der Waals surface area (Å²) in [5.41, 5.74) is 10.5. The molecule has 0 fully saturated rings. The van der Waals surface area contributed by atoms with Crippen LogP contribution in [0.3, 0.4) is 0 Å². The second kappa shape index (κ2) is 6.24. The van der Waals surface area contributed by atoms with Crippen LogP contribution in [0.5, 0.6) is 0 Å². The second-order valence-corrected chi connectivity index (χ2v) is 6.30. The summed E-state index contributed by atoms with van der Waals surface area (Å²) >= 11 is 3.08. The molecule has 1 atom stereocenters. The highest BCUT2D eigenvalue weighted by molar-refractivity contribution is 9.10. The third-order valence-electron chi connectivity index (χ3n) is 3.67. The summed E-state index contributed by atoms with van der Waals surface area (Å²) in [7, 11) is 0. The van der Waals surface area contributed by atoms with Gasteiger partial charge in [0.05, 0.1) is 4.47 Å². The standard InChI is InChI=1S/C17H18BrF2N/c1-9-6-10(2)16(11(3)7-9)15(21)8-12-14(19)5-4-13(18)17(12)20/h4-7,15H,8,21H2,1-3H3. The molecule has 2 aromatic carbocycles. The lowest BCUT2D eigenvalue weighted by molar-refractivity contribution is 0.535. The van der Waals surface area contributed by atoms with Gasteiger partial charge in [0.25, 0.3) is 0 Å². The van der Waals surface area contributed by atoms with E-state index in [-0.39, 0.29) is 16.5 Å². The molecule has 0 aliphatic heterocycles. The maximum Gasteiger partial charge on any atom is 0.143 e. The molecule has 0 bridgehead atoms. The molecule has 2 rings (SSSR count). The monoisotopic (exact) mass is 353 g/mol. The van der Waals surface area contributed by atoms with E-state index in [2.05, 4.69) is 15.9 Å². The Kier molecular flexibility index (Phi) is 4.79. The molecule has 2 aromatic rings. The van der Waals surface area contributed by atoms with Gasteiger partial charge in [-0.2, -0.15) is 0 Å². The van der Waals surface area contributed by atoms with Gasteiger partial charge in [0.1, 0.15) is 11.6 Å². The van der Waals surface area contributed by atoms with E-state index >= 15 is 0 Å². The van der Waals surface area contributed by atoms with Gasteiger partial charge in [-0.3, -0.25) is 0 Å². The highest BCUT2D eigenvalue weighted by atomic mass is 79.9. The Labute approximate surface area is 132 Å². The van der Waals surface area contributed by atoms with Crippen molar-refractivity contribution in [2.45, 2.75) is 33.2 Å². The average Bonchev–Trinajstić information content (AvgIpc) is 2.38. The van der Waals surface area contributed by atoms with Crippen molar-refractivity contribution in [3.63, 3.8) is 0 Å². The van der Waals surface area contributed by atoms with E-state index in [1.807, 2.05) is 32.9 Å². The van der Waals surface area contributed by atoms with Crippen LogP contribution < -0.4 is 5.73 Å². The first-order valence-electron chi connectivity index (χ1n) is 6.77. The van der Waals surface area contributed by atoms with Gasteiger partial charge in [0, 0.05) is 11.6 Å². The largest absolute Gasteiger partial charge is 0.324 e. The van der Waals surface area contributed by atoms with Gasteiger partial charge < -0.3 is 5.73 Å². The highest BCUT2D eigenvalue weighted by Gasteiger charge is 2.19. The molecule has 1 unspecified atom stereocenters. The molecule has 0 spiro atoms. The lowest BCUT2D eigenvalue weighted by Crippen LogP contribution is -2.18. The molecule has 0 aromatic heterocycles. The Bertz CT molecular complexity index is 660. The predicted molar refractivity (Wildman–Crippen MR) is 85.3 cm³/mol. The van der Waals surface area contributed by atoms with Crippen molar-refractivity contribution in [1.82, 2.24) is 0 Å². The Morgan fingerprint density at radius 3 is 2.24 bits per heavy atom.